The van der Waals surface area contributed by atoms with Crippen LogP contribution < -0.4 is 0 Å². The van der Waals surface area contributed by atoms with Gasteiger partial charge in [0.1, 0.15) is 0 Å². The third-order valence-corrected chi connectivity index (χ3v) is 29.3. The average Bonchev–Trinajstić information content (AvgIpc) is 3.54. The van der Waals surface area contributed by atoms with Crippen molar-refractivity contribution in [3.63, 3.8) is 0 Å². The first-order valence-electron chi connectivity index (χ1n) is 14.4. The molecular formula is C36H30Cl2F6Hf. The average molecular weight is 826 g/mol. The molecule has 0 amide bonds. The van der Waals surface area contributed by atoms with E-state index in [1.54, 1.807) is 24.3 Å². The van der Waals surface area contributed by atoms with Crippen molar-refractivity contribution < 1.29 is 46.3 Å². The molecule has 0 spiro atoms. The summed E-state index contributed by atoms with van der Waals surface area (Å²) in [5.41, 5.74) is 9.69. The molecule has 0 radical (unpaired) electrons. The van der Waals surface area contributed by atoms with E-state index in [0.717, 1.165) is 57.6 Å². The molecule has 2 unspecified atom stereocenters. The second kappa shape index (κ2) is 11.9. The summed E-state index contributed by atoms with van der Waals surface area (Å²) in [7, 11) is 0. The van der Waals surface area contributed by atoms with E-state index in [4.69, 9.17) is 0 Å². The summed E-state index contributed by atoms with van der Waals surface area (Å²) in [4.78, 5) is 0. The summed E-state index contributed by atoms with van der Waals surface area (Å²) < 4.78 is 82.5. The first-order chi connectivity index (χ1) is 20.4. The van der Waals surface area contributed by atoms with Crippen molar-refractivity contribution in [1.29, 1.82) is 0 Å². The fourth-order valence-corrected chi connectivity index (χ4v) is 35.9. The largest absolute Gasteiger partial charge is 0.147 e. The van der Waals surface area contributed by atoms with Gasteiger partial charge in [-0.15, -0.1) is 24.8 Å². The van der Waals surface area contributed by atoms with Gasteiger partial charge in [0.25, 0.3) is 0 Å². The third kappa shape index (κ3) is 5.67. The van der Waals surface area contributed by atoms with Crippen molar-refractivity contribution in [2.75, 3.05) is 0 Å². The van der Waals surface area contributed by atoms with Crippen molar-refractivity contribution >= 4 is 37.0 Å². The van der Waals surface area contributed by atoms with Crippen LogP contribution in [-0.4, -0.2) is 0 Å². The Kier molecular flexibility index (Phi) is 8.91. The van der Waals surface area contributed by atoms with Gasteiger partial charge in [-0.05, 0) is 0 Å². The van der Waals surface area contributed by atoms with Gasteiger partial charge in [-0.1, -0.05) is 0 Å². The normalized spacial score (nSPS) is 19.5. The Morgan fingerprint density at radius 2 is 0.889 bits per heavy atom. The SMILES string of the molecule is CC1=Cc2c(-c3ccc(C(F)(F)F)cc3)cccc2[CH]1[Hf]1([CH]2C(C)=Cc3c(-c4ccc(C(F)(F)F)cc4)cccc32)[CH2][CH2]1.Cl.Cl. The van der Waals surface area contributed by atoms with Crippen LogP contribution in [0.15, 0.2) is 96.1 Å². The van der Waals surface area contributed by atoms with Crippen LogP contribution in [0.25, 0.3) is 34.4 Å². The van der Waals surface area contributed by atoms with E-state index in [1.807, 2.05) is 24.3 Å². The second-order valence-corrected chi connectivity index (χ2v) is 28.7. The molecule has 0 saturated carbocycles. The number of halogens is 8. The molecule has 3 aliphatic rings. The van der Waals surface area contributed by atoms with E-state index in [-0.39, 0.29) is 24.8 Å². The minimum atomic E-state index is -4.37. The quantitative estimate of drug-likeness (QED) is 0.142. The Hall–Kier alpha value is -2.61. The van der Waals surface area contributed by atoms with Gasteiger partial charge in [-0.2, -0.15) is 0 Å². The number of hydrogen-bond acceptors (Lipinski definition) is 0. The molecule has 234 valence electrons. The number of alkyl halides is 6. The number of hydrogen-bond donors (Lipinski definition) is 0. The maximum atomic E-state index is 13.2. The Bertz CT molecular complexity index is 1680. The number of rotatable bonds is 4. The first kappa shape index (κ1) is 33.7. The van der Waals surface area contributed by atoms with Gasteiger partial charge in [0.2, 0.25) is 0 Å². The predicted molar refractivity (Wildman–Crippen MR) is 171 cm³/mol. The van der Waals surface area contributed by atoms with Crippen LogP contribution in [0.2, 0.25) is 8.35 Å². The van der Waals surface area contributed by atoms with Crippen molar-refractivity contribution in [2.45, 2.75) is 41.9 Å². The van der Waals surface area contributed by atoms with E-state index in [2.05, 4.69) is 38.1 Å². The zero-order valence-electron chi connectivity index (χ0n) is 24.4. The molecule has 7 rings (SSSR count). The predicted octanol–water partition coefficient (Wildman–Crippen LogP) is 12.5. The topological polar surface area (TPSA) is 0 Å². The van der Waals surface area contributed by atoms with Crippen LogP contribution in [0.5, 0.6) is 0 Å². The van der Waals surface area contributed by atoms with Gasteiger partial charge >= 0.3 is 252 Å². The maximum absolute atomic E-state index is 13.2. The van der Waals surface area contributed by atoms with Crippen molar-refractivity contribution in [3.05, 3.63) is 129 Å². The molecule has 0 aromatic heterocycles. The Balaban J connectivity index is 0.00000200. The molecule has 0 nitrogen and oxygen atoms in total. The third-order valence-electron chi connectivity index (χ3n) is 9.58. The van der Waals surface area contributed by atoms with E-state index < -0.39 is 43.4 Å². The zero-order chi connectivity index (χ0) is 30.3. The van der Waals surface area contributed by atoms with E-state index in [9.17, 15) is 26.3 Å². The fraction of sp³-hybridized carbons (Fsp3) is 0.222. The fourth-order valence-electron chi connectivity index (χ4n) is 7.70. The Morgan fingerprint density at radius 1 is 0.533 bits per heavy atom. The summed E-state index contributed by atoms with van der Waals surface area (Å²) in [6.07, 6.45) is -4.25. The molecule has 0 bridgehead atoms. The van der Waals surface area contributed by atoms with Crippen molar-refractivity contribution in [3.8, 4) is 22.3 Å². The monoisotopic (exact) mass is 826 g/mol. The summed E-state index contributed by atoms with van der Waals surface area (Å²) in [6.45, 7) is 4.41. The molecule has 1 heterocycles. The summed E-state index contributed by atoms with van der Waals surface area (Å²) in [5.74, 6) is 0. The maximum Gasteiger partial charge on any atom is -0.147 e. The molecule has 1 saturated heterocycles. The molecule has 4 aromatic rings. The molecule has 2 aliphatic carbocycles. The molecule has 1 aliphatic heterocycles. The van der Waals surface area contributed by atoms with Crippen LogP contribution in [0.3, 0.4) is 0 Å². The minimum Gasteiger partial charge on any atom is -0.147 e. The van der Waals surface area contributed by atoms with Crippen molar-refractivity contribution in [1.82, 2.24) is 0 Å². The number of fused-ring (bicyclic) bond motifs is 2. The number of benzene rings is 4. The van der Waals surface area contributed by atoms with Crippen molar-refractivity contribution in [2.24, 2.45) is 0 Å². The Morgan fingerprint density at radius 3 is 1.20 bits per heavy atom. The molecule has 2 atom stereocenters. The molecule has 0 N–H and O–H groups in total. The second-order valence-electron chi connectivity index (χ2n) is 12.1. The molecular weight excluding hydrogens is 796 g/mol. The van der Waals surface area contributed by atoms with Gasteiger partial charge < -0.3 is 0 Å². The van der Waals surface area contributed by atoms with E-state index in [1.165, 1.54) is 30.6 Å². The van der Waals surface area contributed by atoms with Gasteiger partial charge in [-0.25, -0.2) is 0 Å². The van der Waals surface area contributed by atoms with Gasteiger partial charge in [0.05, 0.1) is 0 Å². The summed E-state index contributed by atoms with van der Waals surface area (Å²) >= 11 is -3.12. The first-order valence-corrected chi connectivity index (χ1v) is 23.6. The van der Waals surface area contributed by atoms with Gasteiger partial charge in [0.15, 0.2) is 0 Å². The van der Waals surface area contributed by atoms with Gasteiger partial charge in [-0.3, -0.25) is 0 Å². The van der Waals surface area contributed by atoms with Crippen LogP contribution in [0.1, 0.15) is 54.6 Å². The van der Waals surface area contributed by atoms with Crippen LogP contribution in [0, 0.1) is 0 Å². The summed E-state index contributed by atoms with van der Waals surface area (Å²) in [5, 5.41) is 0. The molecule has 4 aromatic carbocycles. The standard InChI is InChI=1S/2C17H12F3.C2H4.2ClH.Hf/c2*1-11-9-13-3-2-4-15(16(13)10-11)12-5-7-14(8-6-12)17(18,19)20;1-2;;;/h2*2-10H,1H3;1-2H2;2*1H;. The molecule has 9 heteroatoms. The van der Waals surface area contributed by atoms with Crippen LogP contribution in [-0.2, 0) is 32.3 Å². The van der Waals surface area contributed by atoms with Crippen LogP contribution in [0.4, 0.5) is 26.3 Å². The van der Waals surface area contributed by atoms with E-state index in [0.29, 0.717) is 7.35 Å². The van der Waals surface area contributed by atoms with Crippen LogP contribution >= 0.6 is 24.8 Å². The minimum absolute atomic E-state index is 0. The molecule has 1 fully saturated rings. The number of allylic oxidation sites excluding steroid dienone is 2. The zero-order valence-corrected chi connectivity index (χ0v) is 29.6. The molecule has 45 heavy (non-hydrogen) atoms. The van der Waals surface area contributed by atoms with Gasteiger partial charge in [0, 0.05) is 0 Å². The smallest absolute Gasteiger partial charge is 0.147 e. The Labute approximate surface area is 275 Å². The van der Waals surface area contributed by atoms with E-state index >= 15 is 0 Å². The summed E-state index contributed by atoms with van der Waals surface area (Å²) in [6, 6.07) is 23.3.